The van der Waals surface area contributed by atoms with Crippen molar-refractivity contribution >= 4 is 0 Å². The highest BCUT2D eigenvalue weighted by Gasteiger charge is 2.73. The maximum Gasteiger partial charge on any atom is 0.458 e. The number of alkyl halides is 7. The van der Waals surface area contributed by atoms with Crippen molar-refractivity contribution in [2.24, 2.45) is 0 Å². The molecule has 1 N–H and O–H groups in total. The predicted octanol–water partition coefficient (Wildman–Crippen LogP) is 5.79. The third-order valence-electron chi connectivity index (χ3n) is 4.69. The number of benzene rings is 2. The zero-order chi connectivity index (χ0) is 24.9. The van der Waals surface area contributed by atoms with E-state index in [0.29, 0.717) is 0 Å². The molecule has 2 aromatic carbocycles. The molecule has 0 radical (unpaired) electrons. The van der Waals surface area contributed by atoms with Gasteiger partial charge in [-0.05, 0) is 0 Å². The Morgan fingerprint density at radius 3 is 1.22 bits per heavy atom. The summed E-state index contributed by atoms with van der Waals surface area (Å²) < 4.78 is 203. The number of hydrogen-bond acceptors (Lipinski definition) is 1. The lowest BCUT2D eigenvalue weighted by Crippen LogP contribution is -2.57. The molecule has 16 heteroatoms. The molecule has 0 aromatic heterocycles. The average molecular weight is 494 g/mol. The van der Waals surface area contributed by atoms with Gasteiger partial charge in [0.2, 0.25) is 0 Å². The molecule has 0 aliphatic heterocycles. The lowest BCUT2D eigenvalue weighted by Gasteiger charge is -2.47. The highest BCUT2D eigenvalue weighted by molar-refractivity contribution is 5.58. The highest BCUT2D eigenvalue weighted by Crippen LogP contribution is 2.63. The van der Waals surface area contributed by atoms with Crippen molar-refractivity contribution in [3.8, 4) is 0 Å². The quantitative estimate of drug-likeness (QED) is 0.318. The van der Waals surface area contributed by atoms with Crippen molar-refractivity contribution in [2.45, 2.75) is 23.6 Å². The summed E-state index contributed by atoms with van der Waals surface area (Å²) in [7, 11) is 0. The van der Waals surface area contributed by atoms with E-state index in [1.54, 1.807) is 0 Å². The summed E-state index contributed by atoms with van der Waals surface area (Å²) in [5, 5.41) is 9.98. The van der Waals surface area contributed by atoms with Crippen LogP contribution in [0.3, 0.4) is 0 Å². The Balaban J connectivity index is 2.46. The first kappa shape index (κ1) is 24.0. The number of hydrogen-bond donors (Lipinski definition) is 1. The summed E-state index contributed by atoms with van der Waals surface area (Å²) in [6.07, 6.45) is -6.87. The van der Waals surface area contributed by atoms with E-state index in [1.807, 2.05) is 0 Å². The maximum absolute atomic E-state index is 14.3. The predicted molar refractivity (Wildman–Crippen MR) is 69.4 cm³/mol. The van der Waals surface area contributed by atoms with Gasteiger partial charge in [0.05, 0.1) is 11.1 Å². The van der Waals surface area contributed by atoms with E-state index < -0.39 is 92.4 Å². The van der Waals surface area contributed by atoms with Gasteiger partial charge in [-0.1, -0.05) is 0 Å². The smallest absolute Gasteiger partial charge is 0.374 e. The van der Waals surface area contributed by atoms with Crippen molar-refractivity contribution in [1.82, 2.24) is 0 Å². The maximum atomic E-state index is 14.3. The molecular formula is C16HF15O. The third-order valence-corrected chi connectivity index (χ3v) is 4.69. The Kier molecular flexibility index (Phi) is 4.84. The van der Waals surface area contributed by atoms with Gasteiger partial charge in [-0.2, -0.15) is 30.7 Å². The Bertz CT molecular complexity index is 1140. The van der Waals surface area contributed by atoms with Gasteiger partial charge in [0, 0.05) is 5.56 Å². The molecule has 0 spiro atoms. The van der Waals surface area contributed by atoms with Gasteiger partial charge < -0.3 is 5.11 Å². The van der Waals surface area contributed by atoms with E-state index in [0.717, 1.165) is 0 Å². The Morgan fingerprint density at radius 2 is 0.844 bits per heavy atom. The summed E-state index contributed by atoms with van der Waals surface area (Å²) in [5.74, 6) is -38.1. The summed E-state index contributed by atoms with van der Waals surface area (Å²) in [4.78, 5) is 0. The Labute approximate surface area is 164 Å². The highest BCUT2D eigenvalue weighted by atomic mass is 19.4. The summed E-state index contributed by atoms with van der Waals surface area (Å²) in [6, 6.07) is 0. The molecular weight excluding hydrogens is 493 g/mol. The molecule has 3 rings (SSSR count). The van der Waals surface area contributed by atoms with Crippen LogP contribution in [0, 0.1) is 46.5 Å². The van der Waals surface area contributed by atoms with E-state index in [1.165, 1.54) is 0 Å². The minimum Gasteiger partial charge on any atom is -0.374 e. The molecule has 1 aliphatic rings. The second-order valence-corrected chi connectivity index (χ2v) is 6.37. The van der Waals surface area contributed by atoms with E-state index >= 15 is 0 Å². The van der Waals surface area contributed by atoms with Crippen molar-refractivity contribution in [3.63, 3.8) is 0 Å². The molecule has 32 heavy (non-hydrogen) atoms. The van der Waals surface area contributed by atoms with Crippen LogP contribution in [0.2, 0.25) is 0 Å². The fourth-order valence-electron chi connectivity index (χ4n) is 3.19. The van der Waals surface area contributed by atoms with Gasteiger partial charge in [-0.3, -0.25) is 0 Å². The van der Waals surface area contributed by atoms with E-state index in [-0.39, 0.29) is 0 Å². The van der Waals surface area contributed by atoms with E-state index in [9.17, 15) is 71.0 Å². The third kappa shape index (κ3) is 2.49. The first-order valence-corrected chi connectivity index (χ1v) is 7.56. The molecule has 0 fully saturated rings. The summed E-state index contributed by atoms with van der Waals surface area (Å²) >= 11 is 0. The molecule has 0 heterocycles. The molecule has 0 bridgehead atoms. The summed E-state index contributed by atoms with van der Waals surface area (Å²) in [6.45, 7) is 0. The zero-order valence-corrected chi connectivity index (χ0v) is 14.1. The number of halogens is 15. The van der Waals surface area contributed by atoms with Gasteiger partial charge in [0.1, 0.15) is 5.56 Å². The molecule has 1 nitrogen and oxygen atoms in total. The second-order valence-electron chi connectivity index (χ2n) is 6.37. The van der Waals surface area contributed by atoms with Crippen LogP contribution in [-0.4, -0.2) is 11.3 Å². The number of rotatable bonds is 2. The Morgan fingerprint density at radius 1 is 0.500 bits per heavy atom. The topological polar surface area (TPSA) is 20.2 Å². The van der Waals surface area contributed by atoms with Crippen molar-refractivity contribution < 1.29 is 71.0 Å². The standard InChI is InChI=1S/C16HF15O/c17-5-1-2(6(18)12(24)11(5)23)14(25,26)13(1,32)3-7(19)9(21)4(10(22)8(3)20)15(27,28)16(29,30)31/h32H. The van der Waals surface area contributed by atoms with Crippen LogP contribution in [0.15, 0.2) is 0 Å². The molecule has 0 saturated carbocycles. The van der Waals surface area contributed by atoms with Gasteiger partial charge >= 0.3 is 18.0 Å². The van der Waals surface area contributed by atoms with Crippen LogP contribution in [-0.2, 0) is 17.4 Å². The number of aliphatic hydroxyl groups is 1. The lowest BCUT2D eigenvalue weighted by molar-refractivity contribution is -0.291. The second kappa shape index (κ2) is 6.45. The first-order chi connectivity index (χ1) is 14.3. The lowest BCUT2D eigenvalue weighted by atomic mass is 9.64. The van der Waals surface area contributed by atoms with Crippen LogP contribution in [0.5, 0.6) is 0 Å². The summed E-state index contributed by atoms with van der Waals surface area (Å²) in [5.41, 5.74) is -16.9. The van der Waals surface area contributed by atoms with Crippen molar-refractivity contribution in [2.75, 3.05) is 0 Å². The molecule has 0 saturated heterocycles. The van der Waals surface area contributed by atoms with Gasteiger partial charge in [-0.25, -0.2) is 35.1 Å². The molecule has 2 aromatic rings. The molecule has 1 aliphatic carbocycles. The SMILES string of the molecule is OC1(c2c(F)c(F)c(C(F)(F)C(F)(F)F)c(F)c2F)c2c(F)c(F)c(F)c(F)c2C1(F)F. The fourth-order valence-corrected chi connectivity index (χ4v) is 3.19. The molecule has 176 valence electrons. The number of fused-ring (bicyclic) bond motifs is 1. The van der Waals surface area contributed by atoms with E-state index in [4.69, 9.17) is 0 Å². The minimum atomic E-state index is -6.87. The molecule has 1 atom stereocenters. The molecule has 1 unspecified atom stereocenters. The van der Waals surface area contributed by atoms with Crippen LogP contribution in [0.1, 0.15) is 22.3 Å². The molecule has 0 amide bonds. The normalized spacial score (nSPS) is 20.2. The van der Waals surface area contributed by atoms with Gasteiger partial charge in [0.25, 0.3) is 0 Å². The average Bonchev–Trinajstić information content (AvgIpc) is 2.66. The van der Waals surface area contributed by atoms with Crippen LogP contribution in [0.4, 0.5) is 65.9 Å². The van der Waals surface area contributed by atoms with Crippen molar-refractivity contribution in [3.05, 3.63) is 68.8 Å². The van der Waals surface area contributed by atoms with Gasteiger partial charge in [-0.15, -0.1) is 0 Å². The monoisotopic (exact) mass is 494 g/mol. The van der Waals surface area contributed by atoms with E-state index in [2.05, 4.69) is 0 Å². The zero-order valence-electron chi connectivity index (χ0n) is 14.1. The van der Waals surface area contributed by atoms with Crippen LogP contribution in [0.25, 0.3) is 0 Å². The first-order valence-electron chi connectivity index (χ1n) is 7.56. The Hall–Kier alpha value is -2.65. The van der Waals surface area contributed by atoms with Crippen LogP contribution >= 0.6 is 0 Å². The van der Waals surface area contributed by atoms with Gasteiger partial charge in [0.15, 0.2) is 52.1 Å². The largest absolute Gasteiger partial charge is 0.458 e. The van der Waals surface area contributed by atoms with Crippen molar-refractivity contribution in [1.29, 1.82) is 0 Å². The fraction of sp³-hybridized carbons (Fsp3) is 0.250. The van der Waals surface area contributed by atoms with Crippen LogP contribution < -0.4 is 0 Å². The minimum absolute atomic E-state index is 2.48.